The predicted octanol–water partition coefficient (Wildman–Crippen LogP) is -0.115. The minimum absolute atomic E-state index is 0.0826. The number of carboxylic acids is 1. The number of benzene rings is 1. The quantitative estimate of drug-likeness (QED) is 0.207. The first-order valence-corrected chi connectivity index (χ1v) is 12.5. The van der Waals surface area contributed by atoms with Gasteiger partial charge in [-0.3, -0.25) is 14.4 Å². The van der Waals surface area contributed by atoms with Gasteiger partial charge in [-0.15, -0.1) is 0 Å². The van der Waals surface area contributed by atoms with E-state index < -0.39 is 54.0 Å². The van der Waals surface area contributed by atoms with Crippen LogP contribution in [0.5, 0.6) is 0 Å². The Balaban J connectivity index is 3.10. The van der Waals surface area contributed by atoms with Gasteiger partial charge >= 0.3 is 5.97 Å². The van der Waals surface area contributed by atoms with Crippen molar-refractivity contribution in [3.63, 3.8) is 0 Å². The molecule has 0 bridgehead atoms. The number of aliphatic carboxylic acids is 1. The molecular formula is C23H36N4O6S. The Hall–Kier alpha value is -2.63. The zero-order valence-corrected chi connectivity index (χ0v) is 20.8. The second-order valence-electron chi connectivity index (χ2n) is 8.43. The van der Waals surface area contributed by atoms with E-state index in [0.29, 0.717) is 12.2 Å². The van der Waals surface area contributed by atoms with Crippen molar-refractivity contribution in [1.29, 1.82) is 0 Å². The third-order valence-corrected chi connectivity index (χ3v) is 5.87. The molecule has 5 atom stereocenters. The number of thioether (sulfide) groups is 1. The summed E-state index contributed by atoms with van der Waals surface area (Å²) in [6.07, 6.45) is 0.916. The number of aliphatic hydroxyl groups is 1. The average molecular weight is 497 g/mol. The molecule has 0 aliphatic carbocycles. The summed E-state index contributed by atoms with van der Waals surface area (Å²) in [6, 6.07) is 4.49. The Morgan fingerprint density at radius 2 is 1.50 bits per heavy atom. The second kappa shape index (κ2) is 14.6. The molecule has 190 valence electrons. The maximum atomic E-state index is 13.1. The Bertz CT molecular complexity index is 821. The number of aliphatic hydroxyl groups excluding tert-OH is 1. The van der Waals surface area contributed by atoms with Crippen molar-refractivity contribution < 1.29 is 29.4 Å². The summed E-state index contributed by atoms with van der Waals surface area (Å²) in [5.74, 6) is -2.78. The molecule has 1 rings (SSSR count). The topological polar surface area (TPSA) is 171 Å². The van der Waals surface area contributed by atoms with Gasteiger partial charge in [0.1, 0.15) is 12.1 Å². The fraction of sp³-hybridized carbons (Fsp3) is 0.565. The zero-order chi connectivity index (χ0) is 25.8. The fourth-order valence-electron chi connectivity index (χ4n) is 3.05. The molecule has 0 aromatic heterocycles. The summed E-state index contributed by atoms with van der Waals surface area (Å²) in [7, 11) is 0. The highest BCUT2D eigenvalue weighted by Crippen LogP contribution is 2.08. The molecule has 0 saturated heterocycles. The van der Waals surface area contributed by atoms with Gasteiger partial charge in [0.15, 0.2) is 6.04 Å². The first-order valence-electron chi connectivity index (χ1n) is 11.1. The van der Waals surface area contributed by atoms with Gasteiger partial charge in [-0.1, -0.05) is 44.2 Å². The third-order valence-electron chi connectivity index (χ3n) is 5.23. The van der Waals surface area contributed by atoms with Crippen LogP contribution in [0.1, 0.15) is 32.8 Å². The predicted molar refractivity (Wildman–Crippen MR) is 131 cm³/mol. The number of amides is 3. The Kier molecular flexibility index (Phi) is 12.6. The summed E-state index contributed by atoms with van der Waals surface area (Å²) in [5, 5.41) is 26.6. The molecule has 3 amide bonds. The lowest BCUT2D eigenvalue weighted by Gasteiger charge is -2.26. The summed E-state index contributed by atoms with van der Waals surface area (Å²) < 4.78 is 0. The van der Waals surface area contributed by atoms with Gasteiger partial charge in [0.2, 0.25) is 17.7 Å². The SMILES string of the molecule is CSCCC(NC(=O)C(N)C(C)C)C(=O)NC(Cc1ccccc1)C(=O)NC(C(=O)O)C(C)O. The molecule has 34 heavy (non-hydrogen) atoms. The van der Waals surface area contributed by atoms with Crippen LogP contribution in [0.2, 0.25) is 0 Å². The van der Waals surface area contributed by atoms with E-state index >= 15 is 0 Å². The van der Waals surface area contributed by atoms with Crippen molar-refractivity contribution in [1.82, 2.24) is 16.0 Å². The van der Waals surface area contributed by atoms with Crippen molar-refractivity contribution in [3.05, 3.63) is 35.9 Å². The van der Waals surface area contributed by atoms with E-state index in [0.717, 1.165) is 5.56 Å². The summed E-state index contributed by atoms with van der Waals surface area (Å²) in [6.45, 7) is 4.83. The van der Waals surface area contributed by atoms with E-state index in [-0.39, 0.29) is 12.3 Å². The first-order chi connectivity index (χ1) is 16.0. The van der Waals surface area contributed by atoms with Crippen LogP contribution >= 0.6 is 11.8 Å². The van der Waals surface area contributed by atoms with Crippen molar-refractivity contribution >= 4 is 35.5 Å². The lowest BCUT2D eigenvalue weighted by atomic mass is 10.0. The average Bonchev–Trinajstić information content (AvgIpc) is 2.78. The Morgan fingerprint density at radius 3 is 2.00 bits per heavy atom. The van der Waals surface area contributed by atoms with Crippen LogP contribution in [-0.4, -0.2) is 76.2 Å². The van der Waals surface area contributed by atoms with E-state index in [1.807, 2.05) is 6.26 Å². The molecule has 0 aliphatic heterocycles. The lowest BCUT2D eigenvalue weighted by Crippen LogP contribution is -2.59. The normalized spacial score (nSPS) is 15.5. The highest BCUT2D eigenvalue weighted by atomic mass is 32.2. The molecule has 0 spiro atoms. The second-order valence-corrected chi connectivity index (χ2v) is 9.41. The molecule has 1 aromatic rings. The molecule has 1 aromatic carbocycles. The molecule has 0 aliphatic rings. The van der Waals surface area contributed by atoms with E-state index in [4.69, 9.17) is 5.73 Å². The van der Waals surface area contributed by atoms with Gasteiger partial charge in [-0.25, -0.2) is 4.79 Å². The summed E-state index contributed by atoms with van der Waals surface area (Å²) in [4.78, 5) is 50.0. The van der Waals surface area contributed by atoms with Gasteiger partial charge < -0.3 is 31.9 Å². The molecule has 10 nitrogen and oxygen atoms in total. The van der Waals surface area contributed by atoms with E-state index in [2.05, 4.69) is 16.0 Å². The number of hydrogen-bond donors (Lipinski definition) is 6. The molecule has 7 N–H and O–H groups in total. The van der Waals surface area contributed by atoms with Crippen molar-refractivity contribution in [2.24, 2.45) is 11.7 Å². The van der Waals surface area contributed by atoms with Gasteiger partial charge in [-0.2, -0.15) is 11.8 Å². The maximum absolute atomic E-state index is 13.1. The summed E-state index contributed by atoms with van der Waals surface area (Å²) in [5.41, 5.74) is 6.64. The highest BCUT2D eigenvalue weighted by Gasteiger charge is 2.32. The molecular weight excluding hydrogens is 460 g/mol. The van der Waals surface area contributed by atoms with Crippen LogP contribution in [-0.2, 0) is 25.6 Å². The minimum Gasteiger partial charge on any atom is -0.480 e. The number of hydrogen-bond acceptors (Lipinski definition) is 7. The van der Waals surface area contributed by atoms with E-state index in [1.54, 1.807) is 44.2 Å². The van der Waals surface area contributed by atoms with Crippen LogP contribution in [0.3, 0.4) is 0 Å². The molecule has 0 saturated carbocycles. The van der Waals surface area contributed by atoms with Crippen LogP contribution in [0.25, 0.3) is 0 Å². The Labute approximate surface area is 204 Å². The van der Waals surface area contributed by atoms with Gasteiger partial charge in [0.05, 0.1) is 12.1 Å². The molecule has 0 fully saturated rings. The van der Waals surface area contributed by atoms with Gasteiger partial charge in [0, 0.05) is 6.42 Å². The summed E-state index contributed by atoms with van der Waals surface area (Å²) >= 11 is 1.50. The fourth-order valence-corrected chi connectivity index (χ4v) is 3.52. The third kappa shape index (κ3) is 9.70. The molecule has 0 radical (unpaired) electrons. The smallest absolute Gasteiger partial charge is 0.328 e. The lowest BCUT2D eigenvalue weighted by molar-refractivity contribution is -0.145. The van der Waals surface area contributed by atoms with E-state index in [1.165, 1.54) is 18.7 Å². The maximum Gasteiger partial charge on any atom is 0.328 e. The number of carbonyl (C=O) groups is 4. The monoisotopic (exact) mass is 496 g/mol. The molecule has 0 heterocycles. The Morgan fingerprint density at radius 1 is 0.941 bits per heavy atom. The van der Waals surface area contributed by atoms with Crippen molar-refractivity contribution in [2.45, 2.75) is 63.9 Å². The number of nitrogens with two attached hydrogens (primary N) is 1. The van der Waals surface area contributed by atoms with Gasteiger partial charge in [-0.05, 0) is 36.8 Å². The number of carbonyl (C=O) groups excluding carboxylic acids is 3. The van der Waals surface area contributed by atoms with E-state index in [9.17, 15) is 29.4 Å². The highest BCUT2D eigenvalue weighted by molar-refractivity contribution is 7.98. The standard InChI is InChI=1S/C23H36N4O6S/c1-13(2)18(24)22(31)25-16(10-11-34-4)20(29)26-17(12-15-8-6-5-7-9-15)21(30)27-19(14(3)28)23(32)33/h5-9,13-14,16-19,28H,10-12,24H2,1-4H3,(H,25,31)(H,26,29)(H,27,30)(H,32,33). The largest absolute Gasteiger partial charge is 0.480 e. The number of rotatable bonds is 14. The van der Waals surface area contributed by atoms with Crippen LogP contribution in [0.4, 0.5) is 0 Å². The van der Waals surface area contributed by atoms with Gasteiger partial charge in [0.25, 0.3) is 0 Å². The minimum atomic E-state index is -1.54. The van der Waals surface area contributed by atoms with Crippen LogP contribution in [0, 0.1) is 5.92 Å². The van der Waals surface area contributed by atoms with Crippen molar-refractivity contribution in [2.75, 3.05) is 12.0 Å². The van der Waals surface area contributed by atoms with Crippen LogP contribution in [0.15, 0.2) is 30.3 Å². The zero-order valence-electron chi connectivity index (χ0n) is 20.0. The van der Waals surface area contributed by atoms with Crippen LogP contribution < -0.4 is 21.7 Å². The molecule has 11 heteroatoms. The first kappa shape index (κ1) is 29.4. The van der Waals surface area contributed by atoms with Crippen molar-refractivity contribution in [3.8, 4) is 0 Å². The molecule has 5 unspecified atom stereocenters. The number of carboxylic acid groups (broad SMARTS) is 1. The number of nitrogens with one attached hydrogen (secondary N) is 3.